The number of benzene rings is 1. The second-order valence-electron chi connectivity index (χ2n) is 6.03. The van der Waals surface area contributed by atoms with E-state index in [0.29, 0.717) is 6.04 Å². The van der Waals surface area contributed by atoms with Crippen molar-refractivity contribution in [2.75, 3.05) is 25.0 Å². The highest BCUT2D eigenvalue weighted by molar-refractivity contribution is 5.52. The van der Waals surface area contributed by atoms with Gasteiger partial charge in [-0.25, -0.2) is 0 Å². The predicted molar refractivity (Wildman–Crippen MR) is 86.0 cm³/mol. The van der Waals surface area contributed by atoms with Gasteiger partial charge in [-0.3, -0.25) is 0 Å². The fraction of sp³-hybridized carbons (Fsp3) is 0.647. The van der Waals surface area contributed by atoms with E-state index in [4.69, 9.17) is 0 Å². The second kappa shape index (κ2) is 8.21. The standard InChI is InChI=1S/C17H30N2/c1-14(2)10-11-16(4)18-12-13-19(5)17-9-7-6-8-15(17)3/h6-9,14,16,18H,10-13H2,1-5H3. The summed E-state index contributed by atoms with van der Waals surface area (Å²) in [6, 6.07) is 9.19. The Morgan fingerprint density at radius 2 is 1.79 bits per heavy atom. The summed E-state index contributed by atoms with van der Waals surface area (Å²) in [6.07, 6.45) is 2.58. The van der Waals surface area contributed by atoms with Crippen LogP contribution >= 0.6 is 0 Å². The Labute approximate surface area is 119 Å². The monoisotopic (exact) mass is 262 g/mol. The first-order valence-electron chi connectivity index (χ1n) is 7.51. The van der Waals surface area contributed by atoms with Crippen LogP contribution in [0.1, 0.15) is 39.2 Å². The van der Waals surface area contributed by atoms with Gasteiger partial charge in [-0.1, -0.05) is 32.0 Å². The molecule has 0 spiro atoms. The van der Waals surface area contributed by atoms with Crippen LogP contribution < -0.4 is 10.2 Å². The maximum absolute atomic E-state index is 3.62. The van der Waals surface area contributed by atoms with Gasteiger partial charge in [-0.2, -0.15) is 0 Å². The van der Waals surface area contributed by atoms with Gasteiger partial charge in [0.05, 0.1) is 0 Å². The lowest BCUT2D eigenvalue weighted by Gasteiger charge is -2.23. The molecular formula is C17H30N2. The fourth-order valence-corrected chi connectivity index (χ4v) is 2.28. The molecule has 0 heterocycles. The molecule has 0 aliphatic carbocycles. The zero-order chi connectivity index (χ0) is 14.3. The third kappa shape index (κ3) is 6.11. The molecule has 2 nitrogen and oxygen atoms in total. The highest BCUT2D eigenvalue weighted by Crippen LogP contribution is 2.17. The molecule has 1 aromatic carbocycles. The van der Waals surface area contributed by atoms with Gasteiger partial charge in [0, 0.05) is 31.9 Å². The van der Waals surface area contributed by atoms with Crippen molar-refractivity contribution < 1.29 is 0 Å². The van der Waals surface area contributed by atoms with E-state index in [2.05, 4.69) is 69.2 Å². The number of nitrogens with zero attached hydrogens (tertiary/aromatic N) is 1. The lowest BCUT2D eigenvalue weighted by Crippen LogP contribution is -2.34. The molecule has 1 unspecified atom stereocenters. The van der Waals surface area contributed by atoms with Crippen molar-refractivity contribution in [3.8, 4) is 0 Å². The van der Waals surface area contributed by atoms with Crippen LogP contribution in [0.5, 0.6) is 0 Å². The molecule has 0 aliphatic heterocycles. The number of hydrogen-bond donors (Lipinski definition) is 1. The molecule has 1 N–H and O–H groups in total. The molecule has 0 amide bonds. The van der Waals surface area contributed by atoms with E-state index in [0.717, 1.165) is 19.0 Å². The van der Waals surface area contributed by atoms with E-state index < -0.39 is 0 Å². The summed E-state index contributed by atoms with van der Waals surface area (Å²) in [4.78, 5) is 2.33. The molecule has 1 atom stereocenters. The van der Waals surface area contributed by atoms with Crippen molar-refractivity contribution in [2.24, 2.45) is 5.92 Å². The van der Waals surface area contributed by atoms with Gasteiger partial charge in [0.25, 0.3) is 0 Å². The summed E-state index contributed by atoms with van der Waals surface area (Å²) < 4.78 is 0. The summed E-state index contributed by atoms with van der Waals surface area (Å²) >= 11 is 0. The van der Waals surface area contributed by atoms with E-state index >= 15 is 0 Å². The quantitative estimate of drug-likeness (QED) is 0.765. The van der Waals surface area contributed by atoms with Gasteiger partial charge in [0.2, 0.25) is 0 Å². The van der Waals surface area contributed by atoms with E-state index in [-0.39, 0.29) is 0 Å². The van der Waals surface area contributed by atoms with Crippen molar-refractivity contribution in [1.82, 2.24) is 5.32 Å². The topological polar surface area (TPSA) is 15.3 Å². The van der Waals surface area contributed by atoms with Crippen LogP contribution in [-0.4, -0.2) is 26.2 Å². The van der Waals surface area contributed by atoms with E-state index in [1.165, 1.54) is 24.1 Å². The van der Waals surface area contributed by atoms with Gasteiger partial charge in [0.15, 0.2) is 0 Å². The van der Waals surface area contributed by atoms with Crippen LogP contribution in [0.3, 0.4) is 0 Å². The molecule has 0 saturated carbocycles. The number of hydrogen-bond acceptors (Lipinski definition) is 2. The molecule has 1 rings (SSSR count). The highest BCUT2D eigenvalue weighted by Gasteiger charge is 2.05. The van der Waals surface area contributed by atoms with Crippen LogP contribution in [0, 0.1) is 12.8 Å². The Morgan fingerprint density at radius 3 is 2.42 bits per heavy atom. The first-order valence-corrected chi connectivity index (χ1v) is 7.51. The SMILES string of the molecule is Cc1ccccc1N(C)CCNC(C)CCC(C)C. The number of likely N-dealkylation sites (N-methyl/N-ethyl adjacent to an activating group) is 1. The van der Waals surface area contributed by atoms with E-state index in [1.807, 2.05) is 0 Å². The van der Waals surface area contributed by atoms with Crippen LogP contribution in [0.2, 0.25) is 0 Å². The molecule has 1 aromatic rings. The average molecular weight is 262 g/mol. The number of aryl methyl sites for hydroxylation is 1. The summed E-state index contributed by atoms with van der Waals surface area (Å²) in [5.74, 6) is 0.805. The molecule has 0 aliphatic rings. The minimum absolute atomic E-state index is 0.618. The van der Waals surface area contributed by atoms with E-state index in [9.17, 15) is 0 Å². The van der Waals surface area contributed by atoms with Crippen molar-refractivity contribution >= 4 is 5.69 Å². The zero-order valence-corrected chi connectivity index (χ0v) is 13.2. The molecule has 0 fully saturated rings. The molecule has 0 aromatic heterocycles. The van der Waals surface area contributed by atoms with Gasteiger partial charge in [0.1, 0.15) is 0 Å². The van der Waals surface area contributed by atoms with Gasteiger partial charge >= 0.3 is 0 Å². The maximum atomic E-state index is 3.62. The highest BCUT2D eigenvalue weighted by atomic mass is 15.1. The Bertz CT molecular complexity index is 360. The first-order chi connectivity index (χ1) is 9.00. The number of para-hydroxylation sites is 1. The van der Waals surface area contributed by atoms with Crippen molar-refractivity contribution in [1.29, 1.82) is 0 Å². The van der Waals surface area contributed by atoms with Gasteiger partial charge in [-0.05, 0) is 44.2 Å². The summed E-state index contributed by atoms with van der Waals surface area (Å²) in [6.45, 7) is 11.1. The minimum atomic E-state index is 0.618. The van der Waals surface area contributed by atoms with Crippen LogP contribution in [-0.2, 0) is 0 Å². The Morgan fingerprint density at radius 1 is 1.11 bits per heavy atom. The number of anilines is 1. The van der Waals surface area contributed by atoms with Gasteiger partial charge in [-0.15, -0.1) is 0 Å². The number of rotatable bonds is 8. The Kier molecular flexibility index (Phi) is 6.93. The second-order valence-corrected chi connectivity index (χ2v) is 6.03. The Balaban J connectivity index is 2.27. The predicted octanol–water partition coefficient (Wildman–Crippen LogP) is 3.85. The van der Waals surface area contributed by atoms with Crippen LogP contribution in [0.15, 0.2) is 24.3 Å². The summed E-state index contributed by atoms with van der Waals surface area (Å²) in [5.41, 5.74) is 2.68. The normalized spacial score (nSPS) is 12.7. The van der Waals surface area contributed by atoms with Crippen molar-refractivity contribution in [3.05, 3.63) is 29.8 Å². The third-order valence-electron chi connectivity index (χ3n) is 3.64. The Hall–Kier alpha value is -1.02. The smallest absolute Gasteiger partial charge is 0.0393 e. The zero-order valence-electron chi connectivity index (χ0n) is 13.2. The van der Waals surface area contributed by atoms with Gasteiger partial charge < -0.3 is 10.2 Å². The van der Waals surface area contributed by atoms with E-state index in [1.54, 1.807) is 0 Å². The lowest BCUT2D eigenvalue weighted by atomic mass is 10.0. The fourth-order valence-electron chi connectivity index (χ4n) is 2.28. The molecule has 0 radical (unpaired) electrons. The molecule has 0 saturated heterocycles. The summed E-state index contributed by atoms with van der Waals surface area (Å²) in [7, 11) is 2.17. The molecule has 108 valence electrons. The summed E-state index contributed by atoms with van der Waals surface area (Å²) in [5, 5.41) is 3.62. The van der Waals surface area contributed by atoms with Crippen LogP contribution in [0.4, 0.5) is 5.69 Å². The van der Waals surface area contributed by atoms with Crippen molar-refractivity contribution in [2.45, 2.75) is 46.6 Å². The molecule has 0 bridgehead atoms. The average Bonchev–Trinajstić information content (AvgIpc) is 2.36. The molecular weight excluding hydrogens is 232 g/mol. The molecule has 19 heavy (non-hydrogen) atoms. The maximum Gasteiger partial charge on any atom is 0.0393 e. The lowest BCUT2D eigenvalue weighted by molar-refractivity contribution is 0.454. The third-order valence-corrected chi connectivity index (χ3v) is 3.64. The molecule has 2 heteroatoms. The minimum Gasteiger partial charge on any atom is -0.373 e. The largest absolute Gasteiger partial charge is 0.373 e. The van der Waals surface area contributed by atoms with Crippen LogP contribution in [0.25, 0.3) is 0 Å². The first kappa shape index (κ1) is 16.0. The number of nitrogens with one attached hydrogen (secondary N) is 1. The van der Waals surface area contributed by atoms with Crippen molar-refractivity contribution in [3.63, 3.8) is 0 Å².